The van der Waals surface area contributed by atoms with E-state index < -0.39 is 13.8 Å². The fourth-order valence-corrected chi connectivity index (χ4v) is 0. The predicted octanol–water partition coefficient (Wildman–Crippen LogP) is 0.922. The summed E-state index contributed by atoms with van der Waals surface area (Å²) in [7, 11) is -2.78. The van der Waals surface area contributed by atoms with E-state index in [9.17, 15) is 13.0 Å². The standard InChI is InChI=1S/CH2BF3/c3-1-2(4)5/h1H2. The maximum Gasteiger partial charge on any atom is 0.568 e. The van der Waals surface area contributed by atoms with Gasteiger partial charge in [-0.3, -0.25) is 13.0 Å². The van der Waals surface area contributed by atoms with Crippen LogP contribution in [0.25, 0.3) is 0 Å². The molecule has 0 unspecified atom stereocenters. The number of rotatable bonds is 1. The van der Waals surface area contributed by atoms with Crippen LogP contribution in [0.15, 0.2) is 0 Å². The van der Waals surface area contributed by atoms with Crippen LogP contribution in [0.1, 0.15) is 0 Å². The summed E-state index contributed by atoms with van der Waals surface area (Å²) in [6.45, 7) is -1.53. The molecule has 0 atom stereocenters. The van der Waals surface area contributed by atoms with Crippen molar-refractivity contribution in [3.63, 3.8) is 0 Å². The molecular weight excluding hydrogens is 79.8 g/mol. The molecule has 0 fully saturated rings. The first-order valence-corrected chi connectivity index (χ1v) is 1.11. The van der Waals surface area contributed by atoms with E-state index in [4.69, 9.17) is 0 Å². The topological polar surface area (TPSA) is 0 Å². The van der Waals surface area contributed by atoms with Gasteiger partial charge in [0.15, 0.2) is 0 Å². The first-order chi connectivity index (χ1) is 2.27. The van der Waals surface area contributed by atoms with Gasteiger partial charge in [0.25, 0.3) is 0 Å². The molecule has 0 nitrogen and oxygen atoms in total. The van der Waals surface area contributed by atoms with Crippen molar-refractivity contribution in [3.05, 3.63) is 0 Å². The van der Waals surface area contributed by atoms with Crippen molar-refractivity contribution in [2.75, 3.05) is 6.57 Å². The molecule has 0 aromatic carbocycles. The van der Waals surface area contributed by atoms with Crippen molar-refractivity contribution >= 4 is 7.27 Å². The van der Waals surface area contributed by atoms with E-state index >= 15 is 0 Å². The van der Waals surface area contributed by atoms with Crippen molar-refractivity contribution in [2.45, 2.75) is 0 Å². The van der Waals surface area contributed by atoms with Crippen LogP contribution < -0.4 is 0 Å². The lowest BCUT2D eigenvalue weighted by molar-refractivity contribution is 0.518. The Kier molecular flexibility index (Phi) is 2.05. The van der Waals surface area contributed by atoms with Crippen LogP contribution in [-0.4, -0.2) is 13.8 Å². The van der Waals surface area contributed by atoms with E-state index in [1.165, 1.54) is 0 Å². The van der Waals surface area contributed by atoms with Gasteiger partial charge in [0.1, 0.15) is 6.57 Å². The molecule has 0 aliphatic carbocycles. The Bertz CT molecular complexity index is 20.9. The van der Waals surface area contributed by atoms with Gasteiger partial charge in [-0.2, -0.15) is 0 Å². The van der Waals surface area contributed by atoms with Crippen LogP contribution in [-0.2, 0) is 0 Å². The number of halogens is 3. The molecule has 0 amide bonds. The first kappa shape index (κ1) is 4.85. The lowest BCUT2D eigenvalue weighted by Crippen LogP contribution is -1.96. The highest BCUT2D eigenvalue weighted by atomic mass is 19.2. The first-order valence-electron chi connectivity index (χ1n) is 1.11. The summed E-state index contributed by atoms with van der Waals surface area (Å²) >= 11 is 0. The molecule has 0 spiro atoms. The summed E-state index contributed by atoms with van der Waals surface area (Å²) in [5.74, 6) is 0. The van der Waals surface area contributed by atoms with Crippen molar-refractivity contribution < 1.29 is 13.0 Å². The molecule has 4 heteroatoms. The minimum Gasteiger partial charge on any atom is -0.284 e. The highest BCUT2D eigenvalue weighted by molar-refractivity contribution is 6.42. The van der Waals surface area contributed by atoms with Crippen LogP contribution in [0.4, 0.5) is 13.0 Å². The molecule has 0 bridgehead atoms. The highest BCUT2D eigenvalue weighted by Gasteiger charge is 2.08. The van der Waals surface area contributed by atoms with E-state index in [1.54, 1.807) is 0 Å². The third-order valence-electron chi connectivity index (χ3n) is 0.117. The maximum atomic E-state index is 10.4. The molecule has 0 rings (SSSR count). The van der Waals surface area contributed by atoms with Crippen LogP contribution in [0.3, 0.4) is 0 Å². The molecular formula is CH2BF3. The Morgan fingerprint density at radius 3 is 1.60 bits per heavy atom. The molecule has 30 valence electrons. The average molecular weight is 81.8 g/mol. The largest absolute Gasteiger partial charge is 0.568 e. The normalized spacial score (nSPS) is 7.80. The van der Waals surface area contributed by atoms with Crippen molar-refractivity contribution in [1.29, 1.82) is 0 Å². The van der Waals surface area contributed by atoms with E-state index in [2.05, 4.69) is 0 Å². The Labute approximate surface area is 28.2 Å². The number of alkyl halides is 1. The molecule has 5 heavy (non-hydrogen) atoms. The van der Waals surface area contributed by atoms with E-state index in [-0.39, 0.29) is 0 Å². The zero-order valence-corrected chi connectivity index (χ0v) is 2.42. The molecule has 0 aromatic heterocycles. The van der Waals surface area contributed by atoms with Gasteiger partial charge in [-0.05, 0) is 0 Å². The zero-order chi connectivity index (χ0) is 4.28. The summed E-state index contributed by atoms with van der Waals surface area (Å²) in [6.07, 6.45) is 0. The minimum absolute atomic E-state index is 1.53. The van der Waals surface area contributed by atoms with E-state index in [0.717, 1.165) is 0 Å². The van der Waals surface area contributed by atoms with Gasteiger partial charge in [-0.25, -0.2) is 0 Å². The zero-order valence-electron chi connectivity index (χ0n) is 2.42. The minimum atomic E-state index is -2.78. The predicted molar refractivity (Wildman–Crippen MR) is 13.9 cm³/mol. The second-order valence-corrected chi connectivity index (χ2v) is 0.545. The van der Waals surface area contributed by atoms with Gasteiger partial charge in [-0.15, -0.1) is 0 Å². The van der Waals surface area contributed by atoms with Crippen molar-refractivity contribution in [1.82, 2.24) is 0 Å². The van der Waals surface area contributed by atoms with Crippen LogP contribution in [0, 0.1) is 0 Å². The fourth-order valence-electron chi connectivity index (χ4n) is 0. The van der Waals surface area contributed by atoms with Crippen molar-refractivity contribution in [2.24, 2.45) is 0 Å². The molecule has 0 N–H and O–H groups in total. The smallest absolute Gasteiger partial charge is 0.284 e. The van der Waals surface area contributed by atoms with E-state index in [1.807, 2.05) is 0 Å². The Morgan fingerprint density at radius 1 is 1.40 bits per heavy atom. The molecule has 0 heterocycles. The Hall–Kier alpha value is -0.145. The quantitative estimate of drug-likeness (QED) is 0.412. The average Bonchev–Trinajstić information content (AvgIpc) is 1.38. The maximum absolute atomic E-state index is 10.4. The SMILES string of the molecule is FCB(F)F. The van der Waals surface area contributed by atoms with Crippen LogP contribution in [0.2, 0.25) is 0 Å². The van der Waals surface area contributed by atoms with E-state index in [0.29, 0.717) is 0 Å². The summed E-state index contributed by atoms with van der Waals surface area (Å²) < 4.78 is 31.1. The number of hydrogen-bond donors (Lipinski definition) is 0. The molecule has 0 saturated heterocycles. The third kappa shape index (κ3) is 3.85. The van der Waals surface area contributed by atoms with Gasteiger partial charge < -0.3 is 0 Å². The molecule has 0 radical (unpaired) electrons. The summed E-state index contributed by atoms with van der Waals surface area (Å²) in [5.41, 5.74) is 0. The molecule has 0 saturated carbocycles. The third-order valence-corrected chi connectivity index (χ3v) is 0.117. The number of hydrogen-bond acceptors (Lipinski definition) is 0. The van der Waals surface area contributed by atoms with Gasteiger partial charge in [0.2, 0.25) is 0 Å². The van der Waals surface area contributed by atoms with Crippen molar-refractivity contribution in [3.8, 4) is 0 Å². The Morgan fingerprint density at radius 2 is 1.60 bits per heavy atom. The lowest BCUT2D eigenvalue weighted by atomic mass is 10.0. The molecule has 0 aliphatic heterocycles. The molecule has 0 aliphatic rings. The second kappa shape index (κ2) is 2.11. The fraction of sp³-hybridized carbons (Fsp3) is 1.00. The Balaban J connectivity index is 2.54. The van der Waals surface area contributed by atoms with Crippen LogP contribution >= 0.6 is 0 Å². The molecule has 0 aromatic rings. The van der Waals surface area contributed by atoms with Crippen LogP contribution in [0.5, 0.6) is 0 Å². The summed E-state index contributed by atoms with van der Waals surface area (Å²) in [6, 6.07) is 0. The van der Waals surface area contributed by atoms with Gasteiger partial charge in [-0.1, -0.05) is 0 Å². The second-order valence-electron chi connectivity index (χ2n) is 0.545. The summed E-state index contributed by atoms with van der Waals surface area (Å²) in [4.78, 5) is 0. The lowest BCUT2D eigenvalue weighted by Gasteiger charge is -1.71. The van der Waals surface area contributed by atoms with Gasteiger partial charge >= 0.3 is 7.27 Å². The van der Waals surface area contributed by atoms with Gasteiger partial charge in [0.05, 0.1) is 0 Å². The monoisotopic (exact) mass is 82.0 g/mol. The highest BCUT2D eigenvalue weighted by Crippen LogP contribution is 1.82. The summed E-state index contributed by atoms with van der Waals surface area (Å²) in [5, 5.41) is 0. The van der Waals surface area contributed by atoms with Gasteiger partial charge in [0, 0.05) is 0 Å².